The predicted molar refractivity (Wildman–Crippen MR) is 293 cm³/mol. The fraction of sp³-hybridized carbons (Fsp3) is 0.746. The molecule has 0 aliphatic heterocycles. The Morgan fingerprint density at radius 3 is 1.24 bits per heavy atom. The summed E-state index contributed by atoms with van der Waals surface area (Å²) in [5.41, 5.74) is 5.40. The van der Waals surface area contributed by atoms with Gasteiger partial charge in [-0.2, -0.15) is 0 Å². The van der Waals surface area contributed by atoms with Gasteiger partial charge in [-0.1, -0.05) is 234 Å². The average molecular weight is 972 g/mol. The maximum Gasteiger partial charge on any atom is 0.472 e. The zero-order valence-corrected chi connectivity index (χ0v) is 45.0. The molecule has 0 bridgehead atoms. The first-order valence-electron chi connectivity index (χ1n) is 28.1. The SMILES string of the molecule is CC/C=C\C/C=C\C/C=C\C/C=C\CCCCCCCCCCCCCCC(=O)OC(COCCCCCCCCCCC/C=C\C/C=C\C/C=C\CCCCCCC)COP(=O)(O)OCCN. The van der Waals surface area contributed by atoms with Gasteiger partial charge in [0.2, 0.25) is 0 Å². The fourth-order valence-corrected chi connectivity index (χ4v) is 8.47. The first kappa shape index (κ1) is 65.7. The molecular formula is C59H106NO7P. The van der Waals surface area contributed by atoms with Crippen molar-refractivity contribution in [1.82, 2.24) is 0 Å². The van der Waals surface area contributed by atoms with E-state index in [1.54, 1.807) is 0 Å². The number of carbonyl (C=O) groups excluding carboxylic acids is 1. The van der Waals surface area contributed by atoms with Gasteiger partial charge in [0, 0.05) is 19.6 Å². The molecule has 0 aliphatic rings. The summed E-state index contributed by atoms with van der Waals surface area (Å²) in [4.78, 5) is 22.7. The highest BCUT2D eigenvalue weighted by Gasteiger charge is 2.25. The lowest BCUT2D eigenvalue weighted by molar-refractivity contribution is -0.154. The number of allylic oxidation sites excluding steroid dienone is 14. The Balaban J connectivity index is 3.93. The number of carbonyl (C=O) groups is 1. The highest BCUT2D eigenvalue weighted by molar-refractivity contribution is 7.47. The molecule has 0 aromatic heterocycles. The molecular weight excluding hydrogens is 866 g/mol. The van der Waals surface area contributed by atoms with Gasteiger partial charge in [-0.25, -0.2) is 4.57 Å². The fourth-order valence-electron chi connectivity index (χ4n) is 7.70. The van der Waals surface area contributed by atoms with Crippen LogP contribution >= 0.6 is 7.82 Å². The standard InChI is InChI=1S/C59H106NO7P/c1-3-5-7-9-11-13-15-17-19-21-23-25-27-29-30-32-34-36-38-40-42-44-46-48-50-52-59(61)67-58(57-66-68(62,63)65-55-53-60)56-64-54-51-49-47-45-43-41-39-37-35-33-31-28-26-24-22-20-18-16-14-12-10-8-6-4-2/h5,7,11,13,16-19,22-25,28,31,58H,3-4,6,8-10,12,14-15,20-21,26-27,29-30,32-57,60H2,1-2H3,(H,62,63)/b7-5-,13-11-,18-16-,19-17-,24-22-,25-23-,31-28-. The minimum Gasteiger partial charge on any atom is -0.457 e. The molecule has 0 fully saturated rings. The van der Waals surface area contributed by atoms with E-state index < -0.39 is 13.9 Å². The first-order valence-corrected chi connectivity index (χ1v) is 29.6. The van der Waals surface area contributed by atoms with Gasteiger partial charge < -0.3 is 20.1 Å². The summed E-state index contributed by atoms with van der Waals surface area (Å²) in [6, 6.07) is 0. The molecule has 0 amide bonds. The van der Waals surface area contributed by atoms with E-state index in [0.29, 0.717) is 13.0 Å². The molecule has 0 heterocycles. The first-order chi connectivity index (χ1) is 33.4. The number of phosphoric acid groups is 1. The van der Waals surface area contributed by atoms with Gasteiger partial charge in [-0.3, -0.25) is 13.8 Å². The maximum absolute atomic E-state index is 12.7. The molecule has 0 saturated heterocycles. The van der Waals surface area contributed by atoms with Crippen molar-refractivity contribution in [3.8, 4) is 0 Å². The maximum atomic E-state index is 12.7. The minimum atomic E-state index is -4.29. The van der Waals surface area contributed by atoms with Crippen molar-refractivity contribution in [3.63, 3.8) is 0 Å². The Labute approximate surface area is 419 Å². The van der Waals surface area contributed by atoms with Crippen LogP contribution in [0, 0.1) is 0 Å². The van der Waals surface area contributed by atoms with Gasteiger partial charge in [-0.05, 0) is 89.9 Å². The molecule has 3 N–H and O–H groups in total. The lowest BCUT2D eigenvalue weighted by Gasteiger charge is -2.20. The Bertz CT molecular complexity index is 1320. The van der Waals surface area contributed by atoms with Crippen LogP contribution in [0.2, 0.25) is 0 Å². The molecule has 0 aromatic rings. The van der Waals surface area contributed by atoms with E-state index >= 15 is 0 Å². The monoisotopic (exact) mass is 972 g/mol. The number of rotatable bonds is 53. The van der Waals surface area contributed by atoms with Crippen LogP contribution in [0.1, 0.15) is 245 Å². The number of hydrogen-bond acceptors (Lipinski definition) is 7. The molecule has 0 aromatic carbocycles. The second-order valence-corrected chi connectivity index (χ2v) is 19.9. The highest BCUT2D eigenvalue weighted by Crippen LogP contribution is 2.43. The molecule has 0 radical (unpaired) electrons. The number of hydrogen-bond donors (Lipinski definition) is 2. The second kappa shape index (κ2) is 55.6. The molecule has 0 spiro atoms. The molecule has 2 atom stereocenters. The van der Waals surface area contributed by atoms with Gasteiger partial charge in [0.25, 0.3) is 0 Å². The lowest BCUT2D eigenvalue weighted by atomic mass is 10.0. The van der Waals surface area contributed by atoms with Gasteiger partial charge in [-0.15, -0.1) is 0 Å². The Kier molecular flexibility index (Phi) is 53.7. The molecule has 8 nitrogen and oxygen atoms in total. The third kappa shape index (κ3) is 54.6. The van der Waals surface area contributed by atoms with Crippen LogP contribution in [0.5, 0.6) is 0 Å². The molecule has 2 unspecified atom stereocenters. The quantitative estimate of drug-likeness (QED) is 0.0268. The van der Waals surface area contributed by atoms with Crippen molar-refractivity contribution in [2.45, 2.75) is 251 Å². The van der Waals surface area contributed by atoms with E-state index in [4.69, 9.17) is 24.3 Å². The number of nitrogens with two attached hydrogens (primary N) is 1. The predicted octanol–water partition coefficient (Wildman–Crippen LogP) is 18.0. The highest BCUT2D eigenvalue weighted by atomic mass is 31.2. The Morgan fingerprint density at radius 1 is 0.456 bits per heavy atom. The minimum absolute atomic E-state index is 0.0957. The average Bonchev–Trinajstić information content (AvgIpc) is 3.33. The van der Waals surface area contributed by atoms with Crippen molar-refractivity contribution in [2.75, 3.05) is 33.0 Å². The summed E-state index contributed by atoms with van der Waals surface area (Å²) in [5.74, 6) is -0.335. The molecule has 68 heavy (non-hydrogen) atoms. The van der Waals surface area contributed by atoms with Crippen molar-refractivity contribution in [1.29, 1.82) is 0 Å². The van der Waals surface area contributed by atoms with Crippen LogP contribution in [-0.2, 0) is 27.9 Å². The summed E-state index contributed by atoms with van der Waals surface area (Å²) < 4.78 is 33.7. The van der Waals surface area contributed by atoms with Crippen molar-refractivity contribution in [3.05, 3.63) is 85.1 Å². The largest absolute Gasteiger partial charge is 0.472 e. The van der Waals surface area contributed by atoms with E-state index in [2.05, 4.69) is 98.9 Å². The van der Waals surface area contributed by atoms with Crippen LogP contribution in [0.3, 0.4) is 0 Å². The third-order valence-corrected chi connectivity index (χ3v) is 12.8. The van der Waals surface area contributed by atoms with Gasteiger partial charge in [0.15, 0.2) is 0 Å². The van der Waals surface area contributed by atoms with E-state index in [0.717, 1.165) is 70.6 Å². The van der Waals surface area contributed by atoms with E-state index in [9.17, 15) is 14.3 Å². The van der Waals surface area contributed by atoms with Gasteiger partial charge >= 0.3 is 13.8 Å². The van der Waals surface area contributed by atoms with E-state index in [1.165, 1.54) is 154 Å². The van der Waals surface area contributed by atoms with Crippen molar-refractivity contribution >= 4 is 13.8 Å². The number of phosphoric ester groups is 1. The van der Waals surface area contributed by atoms with Crippen LogP contribution in [0.15, 0.2) is 85.1 Å². The van der Waals surface area contributed by atoms with Crippen LogP contribution in [0.4, 0.5) is 0 Å². The summed E-state index contributed by atoms with van der Waals surface area (Å²) in [6.07, 6.45) is 73.4. The summed E-state index contributed by atoms with van der Waals surface area (Å²) in [7, 11) is -4.29. The van der Waals surface area contributed by atoms with Crippen molar-refractivity contribution in [2.24, 2.45) is 5.73 Å². The Hall–Kier alpha value is -2.32. The zero-order valence-electron chi connectivity index (χ0n) is 44.1. The van der Waals surface area contributed by atoms with Crippen LogP contribution in [0.25, 0.3) is 0 Å². The topological polar surface area (TPSA) is 117 Å². The normalized spacial score (nSPS) is 13.9. The molecule has 394 valence electrons. The Morgan fingerprint density at radius 2 is 0.824 bits per heavy atom. The van der Waals surface area contributed by atoms with E-state index in [1.807, 2.05) is 0 Å². The summed E-state index contributed by atoms with van der Waals surface area (Å²) in [6.45, 7) is 4.80. The van der Waals surface area contributed by atoms with Gasteiger partial charge in [0.05, 0.1) is 19.8 Å². The molecule has 0 saturated carbocycles. The zero-order chi connectivity index (χ0) is 49.4. The molecule has 0 aliphatic carbocycles. The molecule has 0 rings (SSSR count). The van der Waals surface area contributed by atoms with E-state index in [-0.39, 0.29) is 32.3 Å². The molecule has 9 heteroatoms. The third-order valence-electron chi connectivity index (χ3n) is 11.8. The number of esters is 1. The number of unbranched alkanes of at least 4 members (excludes halogenated alkanes) is 26. The van der Waals surface area contributed by atoms with Crippen LogP contribution in [-0.4, -0.2) is 49.9 Å². The lowest BCUT2D eigenvalue weighted by Crippen LogP contribution is -2.28. The smallest absolute Gasteiger partial charge is 0.457 e. The summed E-state index contributed by atoms with van der Waals surface area (Å²) >= 11 is 0. The second-order valence-electron chi connectivity index (χ2n) is 18.4. The number of ether oxygens (including phenoxy) is 2. The summed E-state index contributed by atoms with van der Waals surface area (Å²) in [5, 5.41) is 0. The van der Waals surface area contributed by atoms with Crippen LogP contribution < -0.4 is 5.73 Å². The van der Waals surface area contributed by atoms with Gasteiger partial charge in [0.1, 0.15) is 6.10 Å². The van der Waals surface area contributed by atoms with Crippen molar-refractivity contribution < 1.29 is 32.8 Å².